The molecule has 0 aliphatic carbocycles. The van der Waals surface area contributed by atoms with Gasteiger partial charge in [-0.15, -0.1) is 0 Å². The zero-order valence-corrected chi connectivity index (χ0v) is 9.77. The van der Waals surface area contributed by atoms with Crippen molar-refractivity contribution in [2.24, 2.45) is 0 Å². The van der Waals surface area contributed by atoms with Gasteiger partial charge in [-0.2, -0.15) is 0 Å². The highest BCUT2D eigenvalue weighted by Crippen LogP contribution is 2.51. The topological polar surface area (TPSA) is 43.4 Å². The van der Waals surface area contributed by atoms with E-state index in [1.54, 1.807) is 0 Å². The van der Waals surface area contributed by atoms with Gasteiger partial charge in [0.25, 0.3) is 0 Å². The van der Waals surface area contributed by atoms with Gasteiger partial charge in [0.05, 0.1) is 7.11 Å². The molecule has 1 unspecified atom stereocenters. The number of esters is 1. The molecule has 0 fully saturated rings. The smallest absolute Gasteiger partial charge is 0.316 e. The predicted molar refractivity (Wildman–Crippen MR) is 54.8 cm³/mol. The Morgan fingerprint density at radius 1 is 1.31 bits per heavy atom. The molecule has 0 aromatic heterocycles. The number of carbonyl (C=O) groups is 1. The lowest BCUT2D eigenvalue weighted by atomic mass is 10.3. The van der Waals surface area contributed by atoms with Gasteiger partial charge in [0.15, 0.2) is 0 Å². The number of methoxy groups -OCH3 is 1. The van der Waals surface area contributed by atoms with Gasteiger partial charge in [-0.3, -0.25) is 4.79 Å². The molecular weight excluding hydrogens is 187 g/mol. The summed E-state index contributed by atoms with van der Waals surface area (Å²) in [6, 6.07) is 0. The van der Waals surface area contributed by atoms with Crippen LogP contribution in [0.25, 0.3) is 0 Å². The maximum Gasteiger partial charge on any atom is 0.316 e. The predicted octanol–water partition coefficient (Wildman–Crippen LogP) is 2.34. The lowest BCUT2D eigenvalue weighted by Gasteiger charge is -2.22. The Morgan fingerprint density at radius 3 is 2.00 bits per heavy atom. The lowest BCUT2D eigenvalue weighted by molar-refractivity contribution is -0.140. The van der Waals surface area contributed by atoms with Gasteiger partial charge in [0, 0.05) is 0 Å². The fourth-order valence-corrected chi connectivity index (χ4v) is 3.98. The first kappa shape index (κ1) is 12.7. The van der Waals surface area contributed by atoms with E-state index >= 15 is 0 Å². The van der Waals surface area contributed by atoms with E-state index in [0.717, 1.165) is 0 Å². The summed E-state index contributed by atoms with van der Waals surface area (Å²) in [6.07, 6.45) is 1.76. The van der Waals surface area contributed by atoms with Gasteiger partial charge >= 0.3 is 5.97 Å². The molecule has 13 heavy (non-hydrogen) atoms. The molecule has 0 amide bonds. The third-order valence-electron chi connectivity index (χ3n) is 2.50. The monoisotopic (exact) mass is 206 g/mol. The van der Waals surface area contributed by atoms with Crippen molar-refractivity contribution in [3.05, 3.63) is 0 Å². The van der Waals surface area contributed by atoms with Crippen LogP contribution < -0.4 is 0 Å². The van der Waals surface area contributed by atoms with Crippen molar-refractivity contribution >= 4 is 13.1 Å². The lowest BCUT2D eigenvalue weighted by Crippen LogP contribution is -2.23. The molecule has 0 spiro atoms. The van der Waals surface area contributed by atoms with E-state index in [2.05, 4.69) is 4.74 Å². The Morgan fingerprint density at radius 2 is 1.77 bits per heavy atom. The molecule has 0 saturated carbocycles. The van der Waals surface area contributed by atoms with Crippen LogP contribution in [0.5, 0.6) is 0 Å². The van der Waals surface area contributed by atoms with E-state index in [-0.39, 0.29) is 5.97 Å². The molecule has 0 rings (SSSR count). The van der Waals surface area contributed by atoms with Gasteiger partial charge in [-0.05, 0) is 18.7 Å². The van der Waals surface area contributed by atoms with Crippen LogP contribution in [0.3, 0.4) is 0 Å². The minimum Gasteiger partial charge on any atom is -0.468 e. The highest BCUT2D eigenvalue weighted by Gasteiger charge is 2.34. The molecule has 4 heteroatoms. The summed E-state index contributed by atoms with van der Waals surface area (Å²) in [7, 11) is -0.991. The second-order valence-electron chi connectivity index (χ2n) is 3.03. The molecule has 3 nitrogen and oxygen atoms in total. The van der Waals surface area contributed by atoms with E-state index in [9.17, 15) is 9.36 Å². The Balaban J connectivity index is 4.73. The second kappa shape index (κ2) is 5.43. The summed E-state index contributed by atoms with van der Waals surface area (Å²) in [5.41, 5.74) is -0.396. The first-order valence-electron chi connectivity index (χ1n) is 4.71. The Kier molecular flexibility index (Phi) is 5.31. The van der Waals surface area contributed by atoms with Gasteiger partial charge in [0.1, 0.15) is 12.8 Å². The van der Waals surface area contributed by atoms with Crippen LogP contribution in [0.2, 0.25) is 0 Å². The van der Waals surface area contributed by atoms with E-state index in [0.29, 0.717) is 18.7 Å². The molecule has 0 aromatic carbocycles. The Hall–Kier alpha value is -0.300. The van der Waals surface area contributed by atoms with Crippen LogP contribution in [0.15, 0.2) is 0 Å². The number of ether oxygens (including phenoxy) is 1. The van der Waals surface area contributed by atoms with Gasteiger partial charge in [0.2, 0.25) is 0 Å². The molecule has 0 aliphatic rings. The average Bonchev–Trinajstić information content (AvgIpc) is 2.18. The molecule has 78 valence electrons. The van der Waals surface area contributed by atoms with Gasteiger partial charge in [-0.1, -0.05) is 20.8 Å². The van der Waals surface area contributed by atoms with E-state index < -0.39 is 12.8 Å². The van der Waals surface area contributed by atoms with Crippen LogP contribution in [-0.2, 0) is 14.1 Å². The second-order valence-corrected chi connectivity index (χ2v) is 6.83. The number of hydrogen-bond acceptors (Lipinski definition) is 3. The summed E-state index contributed by atoms with van der Waals surface area (Å²) < 4.78 is 16.8. The summed E-state index contributed by atoms with van der Waals surface area (Å²) in [4.78, 5) is 11.3. The fraction of sp³-hybridized carbons (Fsp3) is 0.889. The summed E-state index contributed by atoms with van der Waals surface area (Å²) >= 11 is 0. The molecule has 1 atom stereocenters. The standard InChI is InChI=1S/C9H19O3P/c1-5-8(9(10)12-4)13(11,6-2)7-3/h8H,5-7H2,1-4H3. The molecule has 0 N–H and O–H groups in total. The van der Waals surface area contributed by atoms with Crippen molar-refractivity contribution in [2.75, 3.05) is 19.4 Å². The van der Waals surface area contributed by atoms with Crippen LogP contribution in [0, 0.1) is 0 Å². The zero-order valence-electron chi connectivity index (χ0n) is 8.87. The molecule has 0 aliphatic heterocycles. The highest BCUT2D eigenvalue weighted by molar-refractivity contribution is 7.65. The van der Waals surface area contributed by atoms with Gasteiger partial charge in [-0.25, -0.2) is 0 Å². The Labute approximate surface area is 80.2 Å². The number of hydrogen-bond donors (Lipinski definition) is 0. The van der Waals surface area contributed by atoms with Crippen molar-refractivity contribution < 1.29 is 14.1 Å². The average molecular weight is 206 g/mol. The van der Waals surface area contributed by atoms with Crippen LogP contribution in [-0.4, -0.2) is 31.1 Å². The third kappa shape index (κ3) is 2.84. The first-order chi connectivity index (χ1) is 6.05. The van der Waals surface area contributed by atoms with Crippen molar-refractivity contribution in [3.8, 4) is 0 Å². The molecule has 0 saturated heterocycles. The molecular formula is C9H19O3P. The minimum absolute atomic E-state index is 0.325. The van der Waals surface area contributed by atoms with Crippen molar-refractivity contribution in [1.29, 1.82) is 0 Å². The first-order valence-corrected chi connectivity index (χ1v) is 6.85. The summed E-state index contributed by atoms with van der Waals surface area (Å²) in [5, 5.41) is 0. The minimum atomic E-state index is -2.34. The molecule has 0 aromatic rings. The maximum atomic E-state index is 12.2. The summed E-state index contributed by atoms with van der Waals surface area (Å²) in [5.74, 6) is -0.325. The Bertz CT molecular complexity index is 205. The molecule has 0 radical (unpaired) electrons. The van der Waals surface area contributed by atoms with E-state index in [4.69, 9.17) is 0 Å². The molecule has 0 bridgehead atoms. The van der Waals surface area contributed by atoms with E-state index in [1.165, 1.54) is 7.11 Å². The van der Waals surface area contributed by atoms with Crippen molar-refractivity contribution in [3.63, 3.8) is 0 Å². The largest absolute Gasteiger partial charge is 0.468 e. The normalized spacial score (nSPS) is 13.8. The van der Waals surface area contributed by atoms with Crippen molar-refractivity contribution in [1.82, 2.24) is 0 Å². The van der Waals surface area contributed by atoms with Crippen LogP contribution >= 0.6 is 7.14 Å². The van der Waals surface area contributed by atoms with E-state index in [1.807, 2.05) is 20.8 Å². The van der Waals surface area contributed by atoms with Crippen molar-refractivity contribution in [2.45, 2.75) is 32.9 Å². The number of carbonyl (C=O) groups excluding carboxylic acids is 1. The van der Waals surface area contributed by atoms with Crippen LogP contribution in [0.4, 0.5) is 0 Å². The summed E-state index contributed by atoms with van der Waals surface area (Å²) in [6.45, 7) is 5.62. The third-order valence-corrected chi connectivity index (χ3v) is 6.35. The fourth-order valence-electron chi connectivity index (χ4n) is 1.49. The zero-order chi connectivity index (χ0) is 10.5. The SMILES string of the molecule is CCC(C(=O)OC)P(=O)(CC)CC. The molecule has 0 heterocycles. The highest BCUT2D eigenvalue weighted by atomic mass is 31.2. The number of rotatable bonds is 5. The van der Waals surface area contributed by atoms with Gasteiger partial charge < -0.3 is 9.30 Å². The quantitative estimate of drug-likeness (QED) is 0.512. The maximum absolute atomic E-state index is 12.2. The van der Waals surface area contributed by atoms with Crippen LogP contribution in [0.1, 0.15) is 27.2 Å².